The number of carbonyl (C=O) groups excluding carboxylic acids is 2. The Morgan fingerprint density at radius 3 is 2.23 bits per heavy atom. The number of primary amides is 1. The van der Waals surface area contributed by atoms with Crippen molar-refractivity contribution in [2.24, 2.45) is 5.73 Å². The van der Waals surface area contributed by atoms with Gasteiger partial charge in [-0.25, -0.2) is 9.37 Å². The molecule has 4 aliphatic rings. The Balaban J connectivity index is 0.997. The molecular formula is C55H81N4O17S+. The largest absolute Gasteiger partial charge is 0.441 e. The van der Waals surface area contributed by atoms with E-state index in [1.165, 1.54) is 22.9 Å². The smallest absolute Gasteiger partial charge is 0.404 e. The van der Waals surface area contributed by atoms with E-state index in [4.69, 9.17) is 34.2 Å². The quantitative estimate of drug-likeness (QED) is 0.0256. The number of nitrogens with one attached hydrogen (secondary N) is 1. The number of rotatable bonds is 28. The number of hydrogen-bond donors (Lipinski definition) is 9. The van der Waals surface area contributed by atoms with E-state index in [2.05, 4.69) is 78.1 Å². The van der Waals surface area contributed by atoms with Gasteiger partial charge in [0.05, 0.1) is 43.5 Å². The lowest BCUT2D eigenvalue weighted by Crippen LogP contribution is -2.65. The molecule has 6 rings (SSSR count). The minimum Gasteiger partial charge on any atom is -0.441 e. The van der Waals surface area contributed by atoms with Crippen LogP contribution in [0, 0.1) is 0 Å². The summed E-state index contributed by atoms with van der Waals surface area (Å²) in [5.41, 5.74) is 10.8. The molecule has 2 amide bonds. The van der Waals surface area contributed by atoms with Crippen LogP contribution < -0.4 is 16.0 Å². The number of nitrogens with two attached hydrogens (primary N) is 1. The number of aliphatic hydroxyl groups excluding tert-OH is 6. The number of hydrogen-bond acceptors (Lipinski definition) is 17. The molecule has 1 unspecified atom stereocenters. The van der Waals surface area contributed by atoms with Crippen molar-refractivity contribution in [3.8, 4) is 0 Å². The van der Waals surface area contributed by atoms with Crippen molar-refractivity contribution in [2.45, 2.75) is 170 Å². The summed E-state index contributed by atoms with van der Waals surface area (Å²) in [5, 5.41) is 65.0. The van der Waals surface area contributed by atoms with Crippen molar-refractivity contribution in [3.63, 3.8) is 0 Å². The topological polar surface area (TPSA) is 310 Å². The first-order valence-electron chi connectivity index (χ1n) is 26.7. The molecular weight excluding hydrogens is 1020 g/mol. The summed E-state index contributed by atoms with van der Waals surface area (Å²) in [7, 11) is -4.44. The zero-order valence-electron chi connectivity index (χ0n) is 44.8. The minimum absolute atomic E-state index is 0.0254. The van der Waals surface area contributed by atoms with Gasteiger partial charge in [-0.15, -0.1) is 0 Å². The van der Waals surface area contributed by atoms with Crippen LogP contribution in [-0.4, -0.2) is 180 Å². The Bertz CT molecular complexity index is 2540. The molecule has 11 atom stereocenters. The highest BCUT2D eigenvalue weighted by Crippen LogP contribution is 2.49. The SMILES string of the molecule is CCCC[N+]1=C(/C=C/C=C/C=C2\N(CCCCCC(=O)NCCOCCO[C@H]3O[C@@H](CO)[C@@H](O)[C@H](O)[C@@H]3O[C@H]3O[C@H](CO)[C@@H](O)[C@@H](OC(N)=O)[C@@H]3O)c3ccc(S(=O)(=O)O)cc3C2(C)C)c2ccccc2C1(C)CCCC. The molecule has 2 saturated heterocycles. The standard InChI is InChI=1S/C55H80N4O17S/c1-6-8-25-55(5)37-19-16-15-18-36(37)39(59(55)28-9-7-2)20-12-10-13-21-43-54(3,4)38-32-35(77(68,69)70)23-24-40(38)58(43)27-17-11-14-22-44(62)57-26-29-71-30-31-72-52-50(47(65)45(63)41(33-60)74-52)75-51-48(66)49(76-53(56)67)46(64)42(34-61)73-51/h10,12-13,15-16,18-21,23-24,32,41-42,45-52,60-61,63-66H,6-9,11,14,17,22,25-31,33-34H2,1-5H3,(H3-,56,57,62,67,68,69,70)/p+1/t41-,42+,45+,46+,47-,48-,49+,50-,51+,52-,55?/m0/s1. The second-order valence-electron chi connectivity index (χ2n) is 20.6. The summed E-state index contributed by atoms with van der Waals surface area (Å²) in [4.78, 5) is 26.3. The molecule has 21 nitrogen and oxygen atoms in total. The van der Waals surface area contributed by atoms with E-state index >= 15 is 0 Å². The normalized spacial score (nSPS) is 28.7. The van der Waals surface area contributed by atoms with E-state index in [0.717, 1.165) is 68.4 Å². The highest BCUT2D eigenvalue weighted by atomic mass is 32.2. The lowest BCUT2D eigenvalue weighted by Gasteiger charge is -2.46. The molecule has 2 aromatic carbocycles. The van der Waals surface area contributed by atoms with E-state index in [1.807, 2.05) is 26.0 Å². The minimum atomic E-state index is -4.44. The van der Waals surface area contributed by atoms with Gasteiger partial charge in [-0.05, 0) is 55.2 Å². The lowest BCUT2D eigenvalue weighted by atomic mass is 9.83. The zero-order valence-corrected chi connectivity index (χ0v) is 45.6. The Kier molecular flexibility index (Phi) is 22.4. The van der Waals surface area contributed by atoms with Crippen molar-refractivity contribution in [1.82, 2.24) is 5.32 Å². The molecule has 428 valence electrons. The Morgan fingerprint density at radius 1 is 0.818 bits per heavy atom. The first-order chi connectivity index (χ1) is 36.7. The van der Waals surface area contributed by atoms with Gasteiger partial charge in [0.1, 0.15) is 49.3 Å². The van der Waals surface area contributed by atoms with Gasteiger partial charge in [0, 0.05) is 67.7 Å². The number of nitrogens with zero attached hydrogens (tertiary/aromatic N) is 2. The van der Waals surface area contributed by atoms with Crippen molar-refractivity contribution < 1.29 is 86.2 Å². The average Bonchev–Trinajstić information content (AvgIpc) is 3.86. The third-order valence-corrected chi connectivity index (χ3v) is 15.7. The van der Waals surface area contributed by atoms with Crippen LogP contribution in [0.4, 0.5) is 10.5 Å². The maximum Gasteiger partial charge on any atom is 0.404 e. The fourth-order valence-electron chi connectivity index (χ4n) is 10.6. The first kappa shape index (κ1) is 61.6. The van der Waals surface area contributed by atoms with Gasteiger partial charge >= 0.3 is 6.09 Å². The van der Waals surface area contributed by atoms with Crippen LogP contribution in [0.2, 0.25) is 0 Å². The maximum absolute atomic E-state index is 12.8. The van der Waals surface area contributed by atoms with Gasteiger partial charge in [-0.1, -0.05) is 83.4 Å². The molecule has 2 aromatic rings. The number of amides is 2. The van der Waals surface area contributed by atoms with Crippen LogP contribution in [0.15, 0.2) is 83.4 Å². The molecule has 0 spiro atoms. The van der Waals surface area contributed by atoms with E-state index in [1.54, 1.807) is 12.1 Å². The second kappa shape index (κ2) is 28.0. The predicted octanol–water partition coefficient (Wildman–Crippen LogP) is 3.19. The number of aliphatic hydroxyl groups is 6. The van der Waals surface area contributed by atoms with Crippen LogP contribution in [0.1, 0.15) is 109 Å². The molecule has 0 saturated carbocycles. The molecule has 4 aliphatic heterocycles. The van der Waals surface area contributed by atoms with Crippen LogP contribution in [0.5, 0.6) is 0 Å². The van der Waals surface area contributed by atoms with Gasteiger partial charge < -0.3 is 75.0 Å². The summed E-state index contributed by atoms with van der Waals surface area (Å²) in [5.74, 6) is -0.169. The van der Waals surface area contributed by atoms with Crippen molar-refractivity contribution in [2.75, 3.05) is 57.6 Å². The molecule has 2 fully saturated rings. The number of ether oxygens (including phenoxy) is 6. The molecule has 0 radical (unpaired) electrons. The van der Waals surface area contributed by atoms with Crippen LogP contribution in [0.3, 0.4) is 0 Å². The molecule has 4 heterocycles. The average molecular weight is 1100 g/mol. The third kappa shape index (κ3) is 14.8. The van der Waals surface area contributed by atoms with Gasteiger partial charge in [-0.3, -0.25) is 9.35 Å². The third-order valence-electron chi connectivity index (χ3n) is 14.9. The number of benzene rings is 2. The summed E-state index contributed by atoms with van der Waals surface area (Å²) in [6.07, 6.45) is 0.732. The van der Waals surface area contributed by atoms with Crippen molar-refractivity contribution in [1.29, 1.82) is 0 Å². The van der Waals surface area contributed by atoms with Gasteiger partial charge in [0.15, 0.2) is 24.2 Å². The van der Waals surface area contributed by atoms with Crippen LogP contribution in [0.25, 0.3) is 0 Å². The van der Waals surface area contributed by atoms with Gasteiger partial charge in [0.25, 0.3) is 10.1 Å². The fraction of sp³-hybridized carbons (Fsp3) is 0.618. The fourth-order valence-corrected chi connectivity index (χ4v) is 11.1. The first-order valence-corrected chi connectivity index (χ1v) is 28.2. The van der Waals surface area contributed by atoms with E-state index in [9.17, 15) is 53.2 Å². The number of unbranched alkanes of at least 4 members (excludes halogenated alkanes) is 4. The summed E-state index contributed by atoms with van der Waals surface area (Å²) >= 11 is 0. The lowest BCUT2D eigenvalue weighted by molar-refractivity contribution is -0.610. The van der Waals surface area contributed by atoms with E-state index < -0.39 is 96.3 Å². The maximum atomic E-state index is 12.8. The zero-order chi connectivity index (χ0) is 56.1. The Hall–Kier alpha value is -4.66. The highest BCUT2D eigenvalue weighted by molar-refractivity contribution is 7.85. The molecule has 0 aliphatic carbocycles. The molecule has 0 bridgehead atoms. The van der Waals surface area contributed by atoms with Gasteiger partial charge in [0.2, 0.25) is 11.6 Å². The Morgan fingerprint density at radius 2 is 1.53 bits per heavy atom. The monoisotopic (exact) mass is 1100 g/mol. The van der Waals surface area contributed by atoms with E-state index in [-0.39, 0.29) is 49.1 Å². The number of allylic oxidation sites excluding steroid dienone is 6. The van der Waals surface area contributed by atoms with E-state index in [0.29, 0.717) is 13.0 Å². The van der Waals surface area contributed by atoms with Crippen molar-refractivity contribution in [3.05, 3.63) is 95.2 Å². The van der Waals surface area contributed by atoms with Crippen LogP contribution in [-0.2, 0) is 54.3 Å². The number of carbonyl (C=O) groups is 2. The summed E-state index contributed by atoms with van der Waals surface area (Å²) < 4.78 is 70.0. The second-order valence-corrected chi connectivity index (χ2v) is 22.0. The molecule has 77 heavy (non-hydrogen) atoms. The summed E-state index contributed by atoms with van der Waals surface area (Å²) in [6, 6.07) is 13.4. The molecule has 22 heteroatoms. The van der Waals surface area contributed by atoms with Gasteiger partial charge in [-0.2, -0.15) is 8.42 Å². The van der Waals surface area contributed by atoms with Crippen molar-refractivity contribution >= 4 is 33.5 Å². The molecule has 0 aromatic heterocycles. The summed E-state index contributed by atoms with van der Waals surface area (Å²) in [6.45, 7) is 11.1. The molecule has 10 N–H and O–H groups in total. The number of anilines is 1. The predicted molar refractivity (Wildman–Crippen MR) is 284 cm³/mol. The van der Waals surface area contributed by atoms with Crippen LogP contribution >= 0.6 is 0 Å². The Labute approximate surface area is 451 Å². The number of fused-ring (bicyclic) bond motifs is 2. The highest BCUT2D eigenvalue weighted by Gasteiger charge is 2.53.